The van der Waals surface area contributed by atoms with Gasteiger partial charge in [-0.2, -0.15) is 0 Å². The van der Waals surface area contributed by atoms with Crippen molar-refractivity contribution in [1.82, 2.24) is 4.98 Å². The van der Waals surface area contributed by atoms with Crippen LogP contribution in [-0.2, 0) is 15.1 Å². The minimum Gasteiger partial charge on any atom is -0.411 e. The number of methoxy groups -OCH3 is 1. The fourth-order valence-electron chi connectivity index (χ4n) is 2.84. The molecule has 1 aromatic carbocycles. The molecule has 1 aromatic heterocycles. The maximum atomic E-state index is 8.82. The number of thiazole rings is 1. The summed E-state index contributed by atoms with van der Waals surface area (Å²) in [6.07, 6.45) is 2.78. The van der Waals surface area contributed by atoms with Crippen LogP contribution in [0.25, 0.3) is 0 Å². The molecule has 2 aromatic rings. The largest absolute Gasteiger partial charge is 0.411 e. The summed E-state index contributed by atoms with van der Waals surface area (Å²) in [6, 6.07) is 7.89. The van der Waals surface area contributed by atoms with E-state index < -0.39 is 0 Å². The number of nitrogens with zero attached hydrogens (tertiary/aromatic N) is 2. The highest BCUT2D eigenvalue weighted by Gasteiger charge is 2.45. The van der Waals surface area contributed by atoms with Crippen LogP contribution in [0.5, 0.6) is 0 Å². The number of oxime groups is 1. The van der Waals surface area contributed by atoms with Gasteiger partial charge in [-0.25, -0.2) is 4.98 Å². The van der Waals surface area contributed by atoms with E-state index in [1.165, 1.54) is 0 Å². The van der Waals surface area contributed by atoms with E-state index in [0.29, 0.717) is 12.3 Å². The SMILES string of the molecule is COC1(c2cnc(Sc3ccc(/C(C)=N/O)cc3)s2)CCOC1C. The normalized spacial score (nSPS) is 24.5. The molecule has 1 aliphatic rings. The molecule has 1 saturated heterocycles. The monoisotopic (exact) mass is 364 g/mol. The van der Waals surface area contributed by atoms with E-state index in [9.17, 15) is 0 Å². The molecule has 2 heterocycles. The van der Waals surface area contributed by atoms with Gasteiger partial charge < -0.3 is 14.7 Å². The predicted octanol–water partition coefficient (Wildman–Crippen LogP) is 4.14. The Bertz CT molecular complexity index is 730. The predicted molar refractivity (Wildman–Crippen MR) is 95.4 cm³/mol. The number of aromatic nitrogens is 1. The van der Waals surface area contributed by atoms with Crippen molar-refractivity contribution in [1.29, 1.82) is 0 Å². The van der Waals surface area contributed by atoms with E-state index in [4.69, 9.17) is 14.7 Å². The van der Waals surface area contributed by atoms with Crippen molar-refractivity contribution < 1.29 is 14.7 Å². The maximum absolute atomic E-state index is 8.82. The lowest BCUT2D eigenvalue weighted by Crippen LogP contribution is -2.34. The second-order valence-corrected chi connectivity index (χ2v) is 8.01. The van der Waals surface area contributed by atoms with Crippen LogP contribution in [0.15, 0.2) is 44.9 Å². The van der Waals surface area contributed by atoms with Crippen LogP contribution in [0.2, 0.25) is 0 Å². The molecule has 0 aliphatic carbocycles. The van der Waals surface area contributed by atoms with Gasteiger partial charge >= 0.3 is 0 Å². The van der Waals surface area contributed by atoms with Crippen molar-refractivity contribution in [2.24, 2.45) is 5.16 Å². The van der Waals surface area contributed by atoms with Crippen LogP contribution in [0, 0.1) is 0 Å². The first kappa shape index (κ1) is 17.4. The number of ether oxygens (including phenoxy) is 2. The Kier molecular flexibility index (Phi) is 5.24. The van der Waals surface area contributed by atoms with E-state index in [1.54, 1.807) is 37.1 Å². The van der Waals surface area contributed by atoms with Gasteiger partial charge in [-0.3, -0.25) is 0 Å². The van der Waals surface area contributed by atoms with Gasteiger partial charge in [0.15, 0.2) is 4.34 Å². The zero-order valence-corrected chi connectivity index (χ0v) is 15.5. The molecule has 0 saturated carbocycles. The first-order valence-electron chi connectivity index (χ1n) is 7.69. The Labute approximate surface area is 149 Å². The van der Waals surface area contributed by atoms with Crippen LogP contribution < -0.4 is 0 Å². The highest BCUT2D eigenvalue weighted by Crippen LogP contribution is 2.43. The maximum Gasteiger partial charge on any atom is 0.154 e. The number of hydrogen-bond acceptors (Lipinski definition) is 7. The Morgan fingerprint density at radius 1 is 1.46 bits per heavy atom. The van der Waals surface area contributed by atoms with E-state index in [-0.39, 0.29) is 11.7 Å². The van der Waals surface area contributed by atoms with Gasteiger partial charge in [0.2, 0.25) is 0 Å². The molecule has 0 radical (unpaired) electrons. The molecule has 24 heavy (non-hydrogen) atoms. The molecule has 5 nitrogen and oxygen atoms in total. The summed E-state index contributed by atoms with van der Waals surface area (Å²) in [6.45, 7) is 4.53. The summed E-state index contributed by atoms with van der Waals surface area (Å²) >= 11 is 3.26. The van der Waals surface area contributed by atoms with Crippen LogP contribution in [-0.4, -0.2) is 35.7 Å². The Balaban J connectivity index is 1.77. The summed E-state index contributed by atoms with van der Waals surface area (Å²) in [5.74, 6) is 0. The molecule has 2 atom stereocenters. The van der Waals surface area contributed by atoms with Gasteiger partial charge in [0.05, 0.1) is 23.3 Å². The third-order valence-corrected chi connectivity index (χ3v) is 6.63. The second-order valence-electron chi connectivity index (χ2n) is 5.66. The van der Waals surface area contributed by atoms with E-state index in [0.717, 1.165) is 26.1 Å². The highest BCUT2D eigenvalue weighted by atomic mass is 32.2. The summed E-state index contributed by atoms with van der Waals surface area (Å²) < 4.78 is 12.5. The lowest BCUT2D eigenvalue weighted by molar-refractivity contribution is -0.0623. The molecule has 7 heteroatoms. The Morgan fingerprint density at radius 2 is 2.21 bits per heavy atom. The molecule has 1 N–H and O–H groups in total. The van der Waals surface area contributed by atoms with Gasteiger partial charge in [0, 0.05) is 24.6 Å². The van der Waals surface area contributed by atoms with E-state index in [2.05, 4.69) is 10.1 Å². The second kappa shape index (κ2) is 7.23. The van der Waals surface area contributed by atoms with Crippen molar-refractivity contribution in [3.05, 3.63) is 40.9 Å². The van der Waals surface area contributed by atoms with E-state index in [1.807, 2.05) is 37.4 Å². The van der Waals surface area contributed by atoms with Gasteiger partial charge in [0.25, 0.3) is 0 Å². The molecule has 128 valence electrons. The lowest BCUT2D eigenvalue weighted by atomic mass is 9.95. The molecule has 2 unspecified atom stereocenters. The molecule has 0 bridgehead atoms. The zero-order valence-electron chi connectivity index (χ0n) is 13.9. The van der Waals surface area contributed by atoms with Crippen molar-refractivity contribution >= 4 is 28.8 Å². The molecule has 0 spiro atoms. The van der Waals surface area contributed by atoms with Crippen LogP contribution in [0.1, 0.15) is 30.7 Å². The summed E-state index contributed by atoms with van der Waals surface area (Å²) in [7, 11) is 1.74. The highest BCUT2D eigenvalue weighted by molar-refractivity contribution is 8.01. The quantitative estimate of drug-likeness (QED) is 0.491. The number of rotatable bonds is 5. The molecular weight excluding hydrogens is 344 g/mol. The first-order valence-corrected chi connectivity index (χ1v) is 9.32. The third kappa shape index (κ3) is 3.21. The first-order chi connectivity index (χ1) is 11.6. The Morgan fingerprint density at radius 3 is 2.79 bits per heavy atom. The fraction of sp³-hybridized carbons (Fsp3) is 0.412. The van der Waals surface area contributed by atoms with Crippen molar-refractivity contribution in [3.8, 4) is 0 Å². The fourth-order valence-corrected chi connectivity index (χ4v) is 5.07. The topological polar surface area (TPSA) is 63.9 Å². The summed E-state index contributed by atoms with van der Waals surface area (Å²) in [4.78, 5) is 6.74. The van der Waals surface area contributed by atoms with Crippen LogP contribution >= 0.6 is 23.1 Å². The number of hydrogen-bond donors (Lipinski definition) is 1. The molecule has 1 aliphatic heterocycles. The van der Waals surface area contributed by atoms with Crippen LogP contribution in [0.3, 0.4) is 0 Å². The van der Waals surface area contributed by atoms with Gasteiger partial charge in [0.1, 0.15) is 5.60 Å². The van der Waals surface area contributed by atoms with Gasteiger partial charge in [-0.05, 0) is 31.5 Å². The third-order valence-electron chi connectivity index (χ3n) is 4.39. The summed E-state index contributed by atoms with van der Waals surface area (Å²) in [5.41, 5.74) is 1.12. The molecule has 3 rings (SSSR count). The van der Waals surface area contributed by atoms with Crippen molar-refractivity contribution in [2.75, 3.05) is 13.7 Å². The smallest absolute Gasteiger partial charge is 0.154 e. The average molecular weight is 364 g/mol. The van der Waals surface area contributed by atoms with Gasteiger partial charge in [-0.15, -0.1) is 11.3 Å². The van der Waals surface area contributed by atoms with Crippen molar-refractivity contribution in [3.63, 3.8) is 0 Å². The molecule has 0 amide bonds. The number of benzene rings is 1. The molecule has 1 fully saturated rings. The minimum absolute atomic E-state index is 0.0285. The molecular formula is C17H20N2O3S2. The van der Waals surface area contributed by atoms with Gasteiger partial charge in [-0.1, -0.05) is 29.1 Å². The average Bonchev–Trinajstić information content (AvgIpc) is 3.22. The van der Waals surface area contributed by atoms with Crippen LogP contribution in [0.4, 0.5) is 0 Å². The lowest BCUT2D eigenvalue weighted by Gasteiger charge is -2.29. The van der Waals surface area contributed by atoms with Crippen molar-refractivity contribution in [2.45, 2.75) is 41.2 Å². The zero-order chi connectivity index (χ0) is 17.2. The minimum atomic E-state index is -0.380. The van der Waals surface area contributed by atoms with E-state index >= 15 is 0 Å². The summed E-state index contributed by atoms with van der Waals surface area (Å²) in [5, 5.41) is 12.0. The Hall–Kier alpha value is -1.41. The standard InChI is InChI=1S/C17H20N2O3S2/c1-11(19-20)13-4-6-14(7-5-13)23-16-18-10-15(24-16)17(21-3)8-9-22-12(17)2/h4-7,10,12,20H,8-9H2,1-3H3/b19-11+.